The van der Waals surface area contributed by atoms with Crippen LogP contribution in [-0.2, 0) is 13.0 Å². The molecular formula is C23H23F2N3O3. The second kappa shape index (κ2) is 7.44. The third-order valence-electron chi connectivity index (χ3n) is 5.57. The summed E-state index contributed by atoms with van der Waals surface area (Å²) in [5.74, 6) is -0.751. The molecule has 3 aromatic rings. The molecule has 0 saturated carbocycles. The van der Waals surface area contributed by atoms with Crippen LogP contribution in [0.15, 0.2) is 28.8 Å². The summed E-state index contributed by atoms with van der Waals surface area (Å²) in [6.07, 6.45) is 2.49. The van der Waals surface area contributed by atoms with Crippen molar-refractivity contribution in [3.05, 3.63) is 69.8 Å². The molecule has 1 aromatic carbocycles. The van der Waals surface area contributed by atoms with Crippen molar-refractivity contribution in [3.8, 4) is 0 Å². The molecular weight excluding hydrogens is 404 g/mol. The molecule has 8 heteroatoms. The number of hydrogen-bond donors (Lipinski definition) is 1. The average Bonchev–Trinajstić information content (AvgIpc) is 3.18. The van der Waals surface area contributed by atoms with E-state index in [1.54, 1.807) is 13.8 Å². The number of Topliss-reactive ketones (excluding diaryl/α,β-unsaturated/α-hetero) is 1. The standard InChI is InChI=1S/C23H23F2N3O3/c1-12-10-26-28(11-14-7-15(24)5-6-16(14)25)21(12)27-22(30)20-13(2)19-17(29)8-23(3,4)9-18(19)31-20/h5-7,10H,8-9,11H2,1-4H3,(H,27,30). The quantitative estimate of drug-likeness (QED) is 0.647. The molecule has 0 aliphatic heterocycles. The molecule has 6 nitrogen and oxygen atoms in total. The van der Waals surface area contributed by atoms with Gasteiger partial charge in [-0.2, -0.15) is 5.10 Å². The summed E-state index contributed by atoms with van der Waals surface area (Å²) in [6.45, 7) is 7.35. The van der Waals surface area contributed by atoms with E-state index >= 15 is 0 Å². The van der Waals surface area contributed by atoms with E-state index in [4.69, 9.17) is 4.42 Å². The third kappa shape index (κ3) is 3.89. The van der Waals surface area contributed by atoms with Crippen LogP contribution in [0.4, 0.5) is 14.6 Å². The summed E-state index contributed by atoms with van der Waals surface area (Å²) < 4.78 is 34.8. The van der Waals surface area contributed by atoms with Crippen LogP contribution in [-0.4, -0.2) is 21.5 Å². The first kappa shape index (κ1) is 21.0. The van der Waals surface area contributed by atoms with Crippen molar-refractivity contribution in [1.29, 1.82) is 0 Å². The van der Waals surface area contributed by atoms with Gasteiger partial charge in [0.25, 0.3) is 5.91 Å². The number of ketones is 1. The van der Waals surface area contributed by atoms with Gasteiger partial charge >= 0.3 is 0 Å². The lowest BCUT2D eigenvalue weighted by Crippen LogP contribution is -2.26. The Bertz CT molecular complexity index is 1210. The van der Waals surface area contributed by atoms with Crippen LogP contribution in [0.2, 0.25) is 0 Å². The minimum absolute atomic E-state index is 0.0330. The van der Waals surface area contributed by atoms with E-state index in [0.29, 0.717) is 41.1 Å². The van der Waals surface area contributed by atoms with Gasteiger partial charge in [-0.05, 0) is 37.5 Å². The summed E-state index contributed by atoms with van der Waals surface area (Å²) in [6, 6.07) is 3.18. The number of carbonyl (C=O) groups is 2. The predicted octanol–water partition coefficient (Wildman–Crippen LogP) is 4.83. The van der Waals surface area contributed by atoms with Gasteiger partial charge in [0, 0.05) is 29.5 Å². The number of halogens is 2. The maximum absolute atomic E-state index is 14.1. The van der Waals surface area contributed by atoms with Crippen molar-refractivity contribution in [1.82, 2.24) is 9.78 Å². The fourth-order valence-electron chi connectivity index (χ4n) is 4.05. The van der Waals surface area contributed by atoms with Crippen molar-refractivity contribution in [2.45, 2.75) is 47.1 Å². The highest BCUT2D eigenvalue weighted by molar-refractivity contribution is 6.07. The Balaban J connectivity index is 1.63. The van der Waals surface area contributed by atoms with Gasteiger partial charge in [-0.25, -0.2) is 13.5 Å². The summed E-state index contributed by atoms with van der Waals surface area (Å²) in [5, 5.41) is 6.93. The number of fused-ring (bicyclic) bond motifs is 1. The smallest absolute Gasteiger partial charge is 0.292 e. The summed E-state index contributed by atoms with van der Waals surface area (Å²) in [7, 11) is 0. The number of nitrogens with one attached hydrogen (secondary N) is 1. The molecule has 0 spiro atoms. The van der Waals surface area contributed by atoms with Gasteiger partial charge in [0.15, 0.2) is 11.5 Å². The fourth-order valence-corrected chi connectivity index (χ4v) is 4.05. The largest absolute Gasteiger partial charge is 0.455 e. The lowest BCUT2D eigenvalue weighted by molar-refractivity contribution is 0.0898. The molecule has 1 amide bonds. The van der Waals surface area contributed by atoms with E-state index < -0.39 is 17.5 Å². The minimum atomic E-state index is -0.567. The highest BCUT2D eigenvalue weighted by Crippen LogP contribution is 2.38. The number of nitrogens with zero attached hydrogens (tertiary/aromatic N) is 2. The van der Waals surface area contributed by atoms with Gasteiger partial charge < -0.3 is 9.73 Å². The second-order valence-electron chi connectivity index (χ2n) is 8.82. The van der Waals surface area contributed by atoms with Gasteiger partial charge in [-0.3, -0.25) is 9.59 Å². The zero-order valence-electron chi connectivity index (χ0n) is 17.8. The second-order valence-corrected chi connectivity index (χ2v) is 8.82. The number of carbonyl (C=O) groups excluding carboxylic acids is 2. The number of hydrogen-bond acceptors (Lipinski definition) is 4. The van der Waals surface area contributed by atoms with Gasteiger partial charge in [0.1, 0.15) is 23.2 Å². The van der Waals surface area contributed by atoms with Gasteiger partial charge in [-0.15, -0.1) is 0 Å². The first-order valence-corrected chi connectivity index (χ1v) is 9.99. The summed E-state index contributed by atoms with van der Waals surface area (Å²) in [4.78, 5) is 25.6. The Morgan fingerprint density at radius 1 is 1.26 bits per heavy atom. The van der Waals surface area contributed by atoms with Crippen LogP contribution in [0.25, 0.3) is 0 Å². The van der Waals surface area contributed by atoms with E-state index in [2.05, 4.69) is 10.4 Å². The number of anilines is 1. The van der Waals surface area contributed by atoms with E-state index in [0.717, 1.165) is 18.2 Å². The summed E-state index contributed by atoms with van der Waals surface area (Å²) in [5.41, 5.74) is 1.52. The number of aromatic nitrogens is 2. The molecule has 0 atom stereocenters. The van der Waals surface area contributed by atoms with E-state index in [1.807, 2.05) is 13.8 Å². The van der Waals surface area contributed by atoms with Crippen molar-refractivity contribution >= 4 is 17.5 Å². The number of aryl methyl sites for hydroxylation is 1. The number of benzene rings is 1. The first-order chi connectivity index (χ1) is 14.6. The third-order valence-corrected chi connectivity index (χ3v) is 5.57. The zero-order chi connectivity index (χ0) is 22.5. The Kier molecular flexibility index (Phi) is 5.03. The van der Waals surface area contributed by atoms with Crippen molar-refractivity contribution in [3.63, 3.8) is 0 Å². The van der Waals surface area contributed by atoms with Crippen LogP contribution < -0.4 is 5.32 Å². The molecule has 1 aliphatic carbocycles. The van der Waals surface area contributed by atoms with E-state index in [1.165, 1.54) is 10.9 Å². The monoisotopic (exact) mass is 427 g/mol. The van der Waals surface area contributed by atoms with Crippen LogP contribution >= 0.6 is 0 Å². The molecule has 2 heterocycles. The van der Waals surface area contributed by atoms with Gasteiger partial charge in [0.2, 0.25) is 0 Å². The lowest BCUT2D eigenvalue weighted by Gasteiger charge is -2.27. The Morgan fingerprint density at radius 2 is 2.00 bits per heavy atom. The molecule has 0 saturated heterocycles. The number of amides is 1. The average molecular weight is 427 g/mol. The summed E-state index contributed by atoms with van der Waals surface area (Å²) >= 11 is 0. The molecule has 1 aliphatic rings. The highest BCUT2D eigenvalue weighted by atomic mass is 19.1. The molecule has 162 valence electrons. The van der Waals surface area contributed by atoms with E-state index in [-0.39, 0.29) is 29.1 Å². The minimum Gasteiger partial charge on any atom is -0.455 e. The Morgan fingerprint density at radius 3 is 2.74 bits per heavy atom. The molecule has 31 heavy (non-hydrogen) atoms. The van der Waals surface area contributed by atoms with Crippen LogP contribution in [0.1, 0.15) is 63.6 Å². The molecule has 0 fully saturated rings. The molecule has 2 aromatic heterocycles. The maximum atomic E-state index is 14.1. The number of furan rings is 1. The van der Waals surface area contributed by atoms with Gasteiger partial charge in [-0.1, -0.05) is 13.8 Å². The van der Waals surface area contributed by atoms with Crippen LogP contribution in [0, 0.1) is 30.9 Å². The van der Waals surface area contributed by atoms with Crippen molar-refractivity contribution in [2.75, 3.05) is 5.32 Å². The molecule has 0 radical (unpaired) electrons. The topological polar surface area (TPSA) is 77.1 Å². The first-order valence-electron chi connectivity index (χ1n) is 9.99. The van der Waals surface area contributed by atoms with E-state index in [9.17, 15) is 18.4 Å². The maximum Gasteiger partial charge on any atom is 0.292 e. The SMILES string of the molecule is Cc1cnn(Cc2cc(F)ccc2F)c1NC(=O)c1oc2c(c1C)C(=O)CC(C)(C)C2. The molecule has 0 unspecified atom stereocenters. The van der Waals surface area contributed by atoms with Crippen molar-refractivity contribution < 1.29 is 22.8 Å². The lowest BCUT2D eigenvalue weighted by atomic mass is 9.76. The number of rotatable bonds is 4. The van der Waals surface area contributed by atoms with Gasteiger partial charge in [0.05, 0.1) is 18.3 Å². The Labute approximate surface area is 178 Å². The molecule has 1 N–H and O–H groups in total. The highest BCUT2D eigenvalue weighted by Gasteiger charge is 2.37. The molecule has 0 bridgehead atoms. The van der Waals surface area contributed by atoms with Crippen LogP contribution in [0.5, 0.6) is 0 Å². The predicted molar refractivity (Wildman–Crippen MR) is 110 cm³/mol. The normalized spacial score (nSPS) is 15.1. The Hall–Kier alpha value is -3.29. The zero-order valence-corrected chi connectivity index (χ0v) is 17.8. The molecule has 4 rings (SSSR count). The van der Waals surface area contributed by atoms with Crippen LogP contribution in [0.3, 0.4) is 0 Å². The fraction of sp³-hybridized carbons (Fsp3) is 0.348. The van der Waals surface area contributed by atoms with Crippen molar-refractivity contribution in [2.24, 2.45) is 5.41 Å².